The summed E-state index contributed by atoms with van der Waals surface area (Å²) < 4.78 is 5.13. The molecule has 0 spiro atoms. The fourth-order valence-electron chi connectivity index (χ4n) is 3.78. The Labute approximate surface area is 135 Å². The predicted molar refractivity (Wildman–Crippen MR) is 86.3 cm³/mol. The Kier molecular flexibility index (Phi) is 3.77. The van der Waals surface area contributed by atoms with Crippen LogP contribution in [-0.2, 0) is 0 Å². The normalized spacial score (nSPS) is 22.3. The van der Waals surface area contributed by atoms with Crippen molar-refractivity contribution in [3.63, 3.8) is 0 Å². The molecule has 6 heteroatoms. The van der Waals surface area contributed by atoms with Gasteiger partial charge < -0.3 is 14.3 Å². The number of fused-ring (bicyclic) bond motifs is 1. The third-order valence-electron chi connectivity index (χ3n) is 5.06. The van der Waals surface area contributed by atoms with Crippen LogP contribution in [-0.4, -0.2) is 58.1 Å². The first kappa shape index (κ1) is 14.6. The van der Waals surface area contributed by atoms with E-state index in [1.807, 2.05) is 17.9 Å². The first-order valence-corrected chi connectivity index (χ1v) is 8.48. The van der Waals surface area contributed by atoms with Crippen molar-refractivity contribution in [3.8, 4) is 0 Å². The zero-order valence-corrected chi connectivity index (χ0v) is 13.5. The van der Waals surface area contributed by atoms with Crippen LogP contribution in [0.15, 0.2) is 16.8 Å². The quantitative estimate of drug-likeness (QED) is 0.869. The minimum atomic E-state index is 0.0849. The lowest BCUT2D eigenvalue weighted by molar-refractivity contribution is 0.0708. The lowest BCUT2D eigenvalue weighted by atomic mass is 10.1. The second kappa shape index (κ2) is 5.92. The van der Waals surface area contributed by atoms with Crippen LogP contribution in [0.4, 0.5) is 0 Å². The molecule has 2 aliphatic rings. The first-order chi connectivity index (χ1) is 11.2. The number of hydrogen-bond acceptors (Lipinski definition) is 5. The monoisotopic (exact) mass is 314 g/mol. The summed E-state index contributed by atoms with van der Waals surface area (Å²) in [5.41, 5.74) is 1.91. The van der Waals surface area contributed by atoms with Crippen molar-refractivity contribution in [2.45, 2.75) is 38.6 Å². The average molecular weight is 314 g/mol. The Bertz CT molecular complexity index is 720. The van der Waals surface area contributed by atoms with Crippen LogP contribution in [0.2, 0.25) is 0 Å². The molecular weight excluding hydrogens is 292 g/mol. The maximum Gasteiger partial charge on any atom is 0.257 e. The Hall–Kier alpha value is -1.95. The van der Waals surface area contributed by atoms with E-state index < -0.39 is 0 Å². The number of hydrogen-bond donors (Lipinski definition) is 0. The summed E-state index contributed by atoms with van der Waals surface area (Å²) in [6.45, 7) is 6.07. The van der Waals surface area contributed by atoms with Crippen molar-refractivity contribution in [1.29, 1.82) is 0 Å². The molecule has 1 unspecified atom stereocenters. The standard InChI is InChI=1S/C17H22N4O2/c1-12-15-9-13(10-18-16(15)23-19-12)17(22)21-8-4-5-14(21)11-20-6-2-3-7-20/h9-10,14H,2-8,11H2,1H3. The molecule has 4 rings (SSSR count). The highest BCUT2D eigenvalue weighted by molar-refractivity contribution is 5.97. The summed E-state index contributed by atoms with van der Waals surface area (Å²) in [6.07, 6.45) is 6.37. The molecular formula is C17H22N4O2. The molecule has 0 bridgehead atoms. The number of likely N-dealkylation sites (tertiary alicyclic amines) is 2. The van der Waals surface area contributed by atoms with E-state index in [9.17, 15) is 4.79 Å². The molecule has 2 saturated heterocycles. The van der Waals surface area contributed by atoms with E-state index in [1.165, 1.54) is 25.9 Å². The molecule has 6 nitrogen and oxygen atoms in total. The van der Waals surface area contributed by atoms with E-state index in [0.717, 1.165) is 37.0 Å². The Morgan fingerprint density at radius 1 is 1.30 bits per heavy atom. The van der Waals surface area contributed by atoms with E-state index >= 15 is 0 Å². The Morgan fingerprint density at radius 2 is 2.13 bits per heavy atom. The van der Waals surface area contributed by atoms with E-state index in [1.54, 1.807) is 6.20 Å². The van der Waals surface area contributed by atoms with Crippen LogP contribution < -0.4 is 0 Å². The Balaban J connectivity index is 1.54. The summed E-state index contributed by atoms with van der Waals surface area (Å²) in [5.74, 6) is 0.0849. The second-order valence-electron chi connectivity index (χ2n) is 6.65. The lowest BCUT2D eigenvalue weighted by Gasteiger charge is -2.28. The molecule has 0 radical (unpaired) electrons. The maximum atomic E-state index is 12.9. The number of aryl methyl sites for hydroxylation is 1. The van der Waals surface area contributed by atoms with Crippen LogP contribution in [0.5, 0.6) is 0 Å². The SMILES string of the molecule is Cc1noc2ncc(C(=O)N3CCCC3CN3CCCC3)cc12. The van der Waals surface area contributed by atoms with Gasteiger partial charge >= 0.3 is 0 Å². The van der Waals surface area contributed by atoms with Crippen LogP contribution in [0.1, 0.15) is 41.7 Å². The summed E-state index contributed by atoms with van der Waals surface area (Å²) in [6, 6.07) is 2.20. The van der Waals surface area contributed by atoms with Gasteiger partial charge in [0, 0.05) is 25.3 Å². The largest absolute Gasteiger partial charge is 0.336 e. The highest BCUT2D eigenvalue weighted by Gasteiger charge is 2.31. The molecule has 4 heterocycles. The third kappa shape index (κ3) is 2.72. The number of carbonyl (C=O) groups excluding carboxylic acids is 1. The fraction of sp³-hybridized carbons (Fsp3) is 0.588. The maximum absolute atomic E-state index is 12.9. The van der Waals surface area contributed by atoms with Crippen LogP contribution in [0.25, 0.3) is 11.1 Å². The number of rotatable bonds is 3. The van der Waals surface area contributed by atoms with Gasteiger partial charge in [0.15, 0.2) is 0 Å². The average Bonchev–Trinajstić information content (AvgIpc) is 3.29. The van der Waals surface area contributed by atoms with Gasteiger partial charge in [-0.2, -0.15) is 0 Å². The van der Waals surface area contributed by atoms with E-state index in [-0.39, 0.29) is 5.91 Å². The van der Waals surface area contributed by atoms with E-state index in [2.05, 4.69) is 15.0 Å². The van der Waals surface area contributed by atoms with Crippen molar-refractivity contribution >= 4 is 17.0 Å². The van der Waals surface area contributed by atoms with Crippen molar-refractivity contribution in [3.05, 3.63) is 23.5 Å². The molecule has 0 saturated carbocycles. The molecule has 2 aromatic heterocycles. The number of carbonyl (C=O) groups is 1. The molecule has 2 aliphatic heterocycles. The van der Waals surface area contributed by atoms with Crippen LogP contribution in [0, 0.1) is 6.92 Å². The molecule has 1 atom stereocenters. The number of amides is 1. The number of aromatic nitrogens is 2. The predicted octanol–water partition coefficient (Wildman–Crippen LogP) is 2.23. The number of pyridine rings is 1. The van der Waals surface area contributed by atoms with Gasteiger partial charge in [-0.3, -0.25) is 4.79 Å². The van der Waals surface area contributed by atoms with E-state index in [4.69, 9.17) is 4.52 Å². The van der Waals surface area contributed by atoms with Gasteiger partial charge in [0.2, 0.25) is 0 Å². The smallest absolute Gasteiger partial charge is 0.257 e. The van der Waals surface area contributed by atoms with Gasteiger partial charge in [-0.15, -0.1) is 0 Å². The molecule has 0 aromatic carbocycles. The van der Waals surface area contributed by atoms with Gasteiger partial charge in [0.1, 0.15) is 0 Å². The minimum absolute atomic E-state index is 0.0849. The van der Waals surface area contributed by atoms with Gasteiger partial charge in [0.05, 0.1) is 16.6 Å². The van der Waals surface area contributed by atoms with Crippen molar-refractivity contribution in [2.24, 2.45) is 0 Å². The minimum Gasteiger partial charge on any atom is -0.336 e. The summed E-state index contributed by atoms with van der Waals surface area (Å²) >= 11 is 0. The Morgan fingerprint density at radius 3 is 2.96 bits per heavy atom. The second-order valence-corrected chi connectivity index (χ2v) is 6.65. The first-order valence-electron chi connectivity index (χ1n) is 8.48. The van der Waals surface area contributed by atoms with Crippen LogP contribution in [0.3, 0.4) is 0 Å². The van der Waals surface area contributed by atoms with E-state index in [0.29, 0.717) is 17.3 Å². The third-order valence-corrected chi connectivity index (χ3v) is 5.06. The summed E-state index contributed by atoms with van der Waals surface area (Å²) in [7, 11) is 0. The van der Waals surface area contributed by atoms with Crippen LogP contribution >= 0.6 is 0 Å². The van der Waals surface area contributed by atoms with Crippen molar-refractivity contribution in [2.75, 3.05) is 26.2 Å². The molecule has 23 heavy (non-hydrogen) atoms. The molecule has 2 fully saturated rings. The van der Waals surface area contributed by atoms with Gasteiger partial charge in [0.25, 0.3) is 11.6 Å². The summed E-state index contributed by atoms with van der Waals surface area (Å²) in [5, 5.41) is 4.73. The number of nitrogens with zero attached hydrogens (tertiary/aromatic N) is 4. The molecule has 0 N–H and O–H groups in total. The zero-order valence-electron chi connectivity index (χ0n) is 13.5. The lowest BCUT2D eigenvalue weighted by Crippen LogP contribution is -2.42. The van der Waals surface area contributed by atoms with Crippen molar-refractivity contribution < 1.29 is 9.32 Å². The topological polar surface area (TPSA) is 62.5 Å². The van der Waals surface area contributed by atoms with Crippen molar-refractivity contribution in [1.82, 2.24) is 19.9 Å². The van der Waals surface area contributed by atoms with Gasteiger partial charge in [-0.25, -0.2) is 4.98 Å². The fourth-order valence-corrected chi connectivity index (χ4v) is 3.78. The summed E-state index contributed by atoms with van der Waals surface area (Å²) in [4.78, 5) is 21.7. The molecule has 1 amide bonds. The molecule has 122 valence electrons. The highest BCUT2D eigenvalue weighted by Crippen LogP contribution is 2.24. The van der Waals surface area contributed by atoms with Gasteiger partial charge in [-0.1, -0.05) is 5.16 Å². The molecule has 2 aromatic rings. The molecule has 0 aliphatic carbocycles. The highest BCUT2D eigenvalue weighted by atomic mass is 16.5. The van der Waals surface area contributed by atoms with Gasteiger partial charge in [-0.05, 0) is 51.8 Å². The zero-order chi connectivity index (χ0) is 15.8.